The van der Waals surface area contributed by atoms with Gasteiger partial charge in [-0.15, -0.1) is 0 Å². The Kier molecular flexibility index (Phi) is 4.59. The van der Waals surface area contributed by atoms with E-state index in [1.807, 2.05) is 12.3 Å². The van der Waals surface area contributed by atoms with E-state index in [-0.39, 0.29) is 0 Å². The van der Waals surface area contributed by atoms with Gasteiger partial charge in [0.2, 0.25) is 0 Å². The fourth-order valence-electron chi connectivity index (χ4n) is 1.49. The van der Waals surface area contributed by atoms with Crippen LogP contribution in [0.1, 0.15) is 5.56 Å². The van der Waals surface area contributed by atoms with Crippen LogP contribution in [0.4, 0.5) is 0 Å². The molecule has 2 aromatic rings. The van der Waals surface area contributed by atoms with Crippen LogP contribution in [-0.4, -0.2) is 16.3 Å². The van der Waals surface area contributed by atoms with E-state index in [1.54, 1.807) is 18.1 Å². The molecular formula is C13H13BrN2S. The van der Waals surface area contributed by atoms with E-state index in [0.717, 1.165) is 11.0 Å². The van der Waals surface area contributed by atoms with Crippen LogP contribution in [0.2, 0.25) is 0 Å². The Hall–Kier alpha value is -0.840. The van der Waals surface area contributed by atoms with E-state index < -0.39 is 0 Å². The van der Waals surface area contributed by atoms with E-state index in [4.69, 9.17) is 0 Å². The highest BCUT2D eigenvalue weighted by molar-refractivity contribution is 9.10. The molecule has 0 fully saturated rings. The summed E-state index contributed by atoms with van der Waals surface area (Å²) in [6, 6.07) is 12.5. The molecule has 0 radical (unpaired) electrons. The minimum atomic E-state index is 0.867. The predicted octanol–water partition coefficient (Wildman–Crippen LogP) is 3.98. The minimum Gasteiger partial charge on any atom is -0.263 e. The van der Waals surface area contributed by atoms with Crippen molar-refractivity contribution >= 4 is 27.9 Å². The zero-order chi connectivity index (χ0) is 12.1. The Morgan fingerprint density at radius 3 is 2.71 bits per heavy atom. The molecule has 88 valence electrons. The number of rotatable bonds is 4. The summed E-state index contributed by atoms with van der Waals surface area (Å²) in [6.07, 6.45) is 3.70. The van der Waals surface area contributed by atoms with Crippen LogP contribution in [0.15, 0.2) is 58.2 Å². The first-order valence-corrected chi connectivity index (χ1v) is 6.84. The van der Waals surface area contributed by atoms with E-state index in [1.165, 1.54) is 10.5 Å². The lowest BCUT2D eigenvalue weighted by atomic mass is 10.3. The van der Waals surface area contributed by atoms with Gasteiger partial charge in [-0.1, -0.05) is 18.2 Å². The van der Waals surface area contributed by atoms with Gasteiger partial charge in [-0.05, 0) is 58.7 Å². The van der Waals surface area contributed by atoms with Gasteiger partial charge in [0.1, 0.15) is 0 Å². The molecule has 0 aliphatic rings. The van der Waals surface area contributed by atoms with Gasteiger partial charge < -0.3 is 0 Å². The van der Waals surface area contributed by atoms with Gasteiger partial charge >= 0.3 is 0 Å². The maximum atomic E-state index is 4.16. The maximum Gasteiger partial charge on any atom is 0.0410 e. The standard InChI is InChI=1S/C13H13BrN2S/c1-16(17-13-5-3-2-4-6-13)10-11-7-12(14)9-15-8-11/h2-9H,10H2,1H3. The molecule has 0 unspecified atom stereocenters. The zero-order valence-corrected chi connectivity index (χ0v) is 11.9. The normalized spacial score (nSPS) is 10.8. The first-order valence-electron chi connectivity index (χ1n) is 5.27. The molecule has 0 N–H and O–H groups in total. The van der Waals surface area contributed by atoms with Crippen molar-refractivity contribution < 1.29 is 0 Å². The summed E-state index contributed by atoms with van der Waals surface area (Å²) in [5, 5.41) is 0. The molecule has 1 aromatic carbocycles. The Labute approximate surface area is 114 Å². The molecule has 0 aliphatic carbocycles. The lowest BCUT2D eigenvalue weighted by Crippen LogP contribution is -2.08. The second-order valence-electron chi connectivity index (χ2n) is 3.70. The Balaban J connectivity index is 1.96. The number of benzene rings is 1. The van der Waals surface area contributed by atoms with Crippen LogP contribution in [0.25, 0.3) is 0 Å². The number of hydrogen-bond acceptors (Lipinski definition) is 3. The second-order valence-corrected chi connectivity index (χ2v) is 5.89. The second kappa shape index (κ2) is 6.19. The van der Waals surface area contributed by atoms with Crippen LogP contribution in [-0.2, 0) is 6.54 Å². The number of halogens is 1. The SMILES string of the molecule is CN(Cc1cncc(Br)c1)Sc1ccccc1. The zero-order valence-electron chi connectivity index (χ0n) is 9.51. The van der Waals surface area contributed by atoms with E-state index in [9.17, 15) is 0 Å². The lowest BCUT2D eigenvalue weighted by molar-refractivity contribution is 0.563. The molecule has 1 heterocycles. The smallest absolute Gasteiger partial charge is 0.0410 e. The summed E-state index contributed by atoms with van der Waals surface area (Å²) in [4.78, 5) is 5.41. The fraction of sp³-hybridized carbons (Fsp3) is 0.154. The third-order valence-electron chi connectivity index (χ3n) is 2.17. The summed E-state index contributed by atoms with van der Waals surface area (Å²) in [5.41, 5.74) is 1.20. The van der Waals surface area contributed by atoms with Crippen LogP contribution in [0.3, 0.4) is 0 Å². The molecule has 0 saturated carbocycles. The molecule has 2 nitrogen and oxygen atoms in total. The van der Waals surface area contributed by atoms with Crippen molar-refractivity contribution in [2.45, 2.75) is 11.4 Å². The summed E-state index contributed by atoms with van der Waals surface area (Å²) >= 11 is 5.17. The first-order chi connectivity index (χ1) is 8.24. The van der Waals surface area contributed by atoms with Crippen molar-refractivity contribution in [3.63, 3.8) is 0 Å². The molecule has 17 heavy (non-hydrogen) atoms. The summed E-state index contributed by atoms with van der Waals surface area (Å²) in [7, 11) is 2.08. The quantitative estimate of drug-likeness (QED) is 0.795. The van der Waals surface area contributed by atoms with Gasteiger partial charge in [0, 0.05) is 28.3 Å². The van der Waals surface area contributed by atoms with Gasteiger partial charge in [-0.25, -0.2) is 4.31 Å². The molecule has 4 heteroatoms. The molecule has 0 spiro atoms. The van der Waals surface area contributed by atoms with Crippen LogP contribution >= 0.6 is 27.9 Å². The molecule has 0 saturated heterocycles. The molecule has 0 atom stereocenters. The van der Waals surface area contributed by atoms with Gasteiger partial charge in [-0.2, -0.15) is 0 Å². The van der Waals surface area contributed by atoms with Crippen molar-refractivity contribution in [3.8, 4) is 0 Å². The van der Waals surface area contributed by atoms with Gasteiger partial charge in [0.15, 0.2) is 0 Å². The van der Waals surface area contributed by atoms with Crippen molar-refractivity contribution in [2.75, 3.05) is 7.05 Å². The van der Waals surface area contributed by atoms with Crippen LogP contribution in [0, 0.1) is 0 Å². The third kappa shape index (κ3) is 4.15. The molecule has 0 amide bonds. The van der Waals surface area contributed by atoms with Crippen molar-refractivity contribution in [1.82, 2.24) is 9.29 Å². The van der Waals surface area contributed by atoms with Gasteiger partial charge in [-0.3, -0.25) is 4.98 Å². The van der Waals surface area contributed by atoms with Crippen molar-refractivity contribution in [3.05, 3.63) is 58.8 Å². The molecular weight excluding hydrogens is 296 g/mol. The highest BCUT2D eigenvalue weighted by atomic mass is 79.9. The average molecular weight is 309 g/mol. The third-order valence-corrected chi connectivity index (χ3v) is 3.53. The van der Waals surface area contributed by atoms with E-state index >= 15 is 0 Å². The Morgan fingerprint density at radius 2 is 2.00 bits per heavy atom. The monoisotopic (exact) mass is 308 g/mol. The van der Waals surface area contributed by atoms with Gasteiger partial charge in [0.25, 0.3) is 0 Å². The first kappa shape index (κ1) is 12.6. The topological polar surface area (TPSA) is 16.1 Å². The number of pyridine rings is 1. The van der Waals surface area contributed by atoms with Crippen LogP contribution in [0.5, 0.6) is 0 Å². The van der Waals surface area contributed by atoms with Crippen molar-refractivity contribution in [1.29, 1.82) is 0 Å². The molecule has 1 aromatic heterocycles. The molecule has 0 aliphatic heterocycles. The van der Waals surface area contributed by atoms with Gasteiger partial charge in [0.05, 0.1) is 0 Å². The van der Waals surface area contributed by atoms with Crippen LogP contribution < -0.4 is 0 Å². The highest BCUT2D eigenvalue weighted by Gasteiger charge is 2.03. The predicted molar refractivity (Wildman–Crippen MR) is 75.7 cm³/mol. The number of aromatic nitrogens is 1. The Bertz CT molecular complexity index is 476. The van der Waals surface area contributed by atoms with E-state index in [2.05, 4.69) is 62.6 Å². The lowest BCUT2D eigenvalue weighted by Gasteiger charge is -2.15. The largest absolute Gasteiger partial charge is 0.263 e. The average Bonchev–Trinajstić information content (AvgIpc) is 2.30. The van der Waals surface area contributed by atoms with Crippen molar-refractivity contribution in [2.24, 2.45) is 0 Å². The maximum absolute atomic E-state index is 4.16. The summed E-state index contributed by atoms with van der Waals surface area (Å²) in [5.74, 6) is 0. The fourth-order valence-corrected chi connectivity index (χ4v) is 2.76. The minimum absolute atomic E-state index is 0.867. The summed E-state index contributed by atoms with van der Waals surface area (Å²) in [6.45, 7) is 0.867. The molecule has 0 bridgehead atoms. The Morgan fingerprint density at radius 1 is 1.24 bits per heavy atom. The van der Waals surface area contributed by atoms with E-state index in [0.29, 0.717) is 0 Å². The number of hydrogen-bond donors (Lipinski definition) is 0. The highest BCUT2D eigenvalue weighted by Crippen LogP contribution is 2.22. The summed E-state index contributed by atoms with van der Waals surface area (Å²) < 4.78 is 3.21. The molecule has 2 rings (SSSR count). The number of nitrogens with zero attached hydrogens (tertiary/aromatic N) is 2.